The molecule has 8 nitrogen and oxygen atoms in total. The zero-order valence-corrected chi connectivity index (χ0v) is 18.6. The van der Waals surface area contributed by atoms with Crippen LogP contribution in [0, 0.1) is 17.5 Å². The maximum Gasteiger partial charge on any atom is 0.408 e. The lowest BCUT2D eigenvalue weighted by Gasteiger charge is -2.29. The third-order valence-corrected chi connectivity index (χ3v) is 3.57. The van der Waals surface area contributed by atoms with Gasteiger partial charge in [0.05, 0.1) is 11.2 Å². The predicted octanol–water partition coefficient (Wildman–Crippen LogP) is 2.90. The summed E-state index contributed by atoms with van der Waals surface area (Å²) in [5.41, 5.74) is -1.83. The fourth-order valence-corrected chi connectivity index (χ4v) is 2.23. The summed E-state index contributed by atoms with van der Waals surface area (Å²) in [5.74, 6) is -4.97. The van der Waals surface area contributed by atoms with Gasteiger partial charge in [0.2, 0.25) is 5.91 Å². The molecule has 0 atom stereocenters. The summed E-state index contributed by atoms with van der Waals surface area (Å²) >= 11 is 0. The van der Waals surface area contributed by atoms with Crippen LogP contribution in [0.25, 0.3) is 0 Å². The van der Waals surface area contributed by atoms with Crippen molar-refractivity contribution in [3.8, 4) is 0 Å². The topological polar surface area (TPSA) is 104 Å². The van der Waals surface area contributed by atoms with Gasteiger partial charge < -0.3 is 26.0 Å². The SMILES string of the molecule is CCNC(=NCC(=O)Nc1ccc(F)c(F)c1F)NCC(C)(C)NC(=O)OC(C)(C)C. The Bertz CT molecular complexity index is 823. The molecule has 0 fully saturated rings. The number of ether oxygens (including phenoxy) is 1. The summed E-state index contributed by atoms with van der Waals surface area (Å²) in [4.78, 5) is 28.1. The van der Waals surface area contributed by atoms with E-state index in [0.717, 1.165) is 6.07 Å². The highest BCUT2D eigenvalue weighted by Crippen LogP contribution is 2.19. The summed E-state index contributed by atoms with van der Waals surface area (Å²) in [6.45, 7) is 11.0. The van der Waals surface area contributed by atoms with Gasteiger partial charge in [-0.05, 0) is 53.7 Å². The molecule has 1 rings (SSSR count). The van der Waals surface area contributed by atoms with Crippen LogP contribution in [-0.2, 0) is 9.53 Å². The molecular weight excluding hydrogens is 415 g/mol. The molecule has 0 unspecified atom stereocenters. The van der Waals surface area contributed by atoms with Gasteiger partial charge in [-0.2, -0.15) is 0 Å². The molecule has 0 aliphatic heterocycles. The van der Waals surface area contributed by atoms with E-state index in [1.165, 1.54) is 0 Å². The number of halogens is 3. The van der Waals surface area contributed by atoms with Gasteiger partial charge in [0.25, 0.3) is 0 Å². The summed E-state index contributed by atoms with van der Waals surface area (Å²) in [6, 6.07) is 1.63. The minimum atomic E-state index is -1.67. The molecule has 31 heavy (non-hydrogen) atoms. The van der Waals surface area contributed by atoms with E-state index in [2.05, 4.69) is 26.3 Å². The van der Waals surface area contributed by atoms with E-state index in [1.54, 1.807) is 34.6 Å². The van der Waals surface area contributed by atoms with Crippen molar-refractivity contribution in [1.29, 1.82) is 0 Å². The van der Waals surface area contributed by atoms with Crippen molar-refractivity contribution in [1.82, 2.24) is 16.0 Å². The number of carbonyl (C=O) groups is 2. The van der Waals surface area contributed by atoms with Crippen molar-refractivity contribution in [2.45, 2.75) is 52.7 Å². The Labute approximate surface area is 180 Å². The van der Waals surface area contributed by atoms with Crippen LogP contribution < -0.4 is 21.3 Å². The Morgan fingerprint density at radius 3 is 2.26 bits per heavy atom. The Morgan fingerprint density at radius 2 is 1.68 bits per heavy atom. The van der Waals surface area contributed by atoms with Crippen molar-refractivity contribution >= 4 is 23.6 Å². The van der Waals surface area contributed by atoms with Crippen LogP contribution in [0.3, 0.4) is 0 Å². The molecule has 4 N–H and O–H groups in total. The molecule has 174 valence electrons. The first-order valence-electron chi connectivity index (χ1n) is 9.71. The number of carbonyl (C=O) groups excluding carboxylic acids is 2. The first-order valence-corrected chi connectivity index (χ1v) is 9.71. The lowest BCUT2D eigenvalue weighted by atomic mass is 10.1. The second kappa shape index (κ2) is 10.9. The zero-order valence-electron chi connectivity index (χ0n) is 18.6. The zero-order chi connectivity index (χ0) is 23.8. The number of rotatable bonds is 7. The standard InChI is InChI=1S/C20H30F3N5O3/c1-7-24-17(26-11-20(5,6)28-18(30)31-19(2,3)4)25-10-14(29)27-13-9-8-12(21)15(22)16(13)23/h8-9H,7,10-11H2,1-6H3,(H,27,29)(H,28,30)(H2,24,25,26). The highest BCUT2D eigenvalue weighted by molar-refractivity contribution is 5.94. The lowest BCUT2D eigenvalue weighted by Crippen LogP contribution is -2.54. The van der Waals surface area contributed by atoms with Gasteiger partial charge in [-0.1, -0.05) is 0 Å². The van der Waals surface area contributed by atoms with Crippen molar-refractivity contribution in [3.05, 3.63) is 29.6 Å². The van der Waals surface area contributed by atoms with Crippen LogP contribution in [0.2, 0.25) is 0 Å². The number of hydrogen-bond donors (Lipinski definition) is 4. The number of alkyl carbamates (subject to hydrolysis) is 1. The summed E-state index contributed by atoms with van der Waals surface area (Å²) < 4.78 is 45.1. The first kappa shape index (κ1) is 26.1. The summed E-state index contributed by atoms with van der Waals surface area (Å²) in [7, 11) is 0. The van der Waals surface area contributed by atoms with Crippen LogP contribution in [-0.4, -0.2) is 48.7 Å². The third-order valence-electron chi connectivity index (χ3n) is 3.57. The van der Waals surface area contributed by atoms with E-state index in [0.29, 0.717) is 12.6 Å². The molecule has 0 aliphatic carbocycles. The van der Waals surface area contributed by atoms with Gasteiger partial charge in [0.1, 0.15) is 12.1 Å². The van der Waals surface area contributed by atoms with Crippen molar-refractivity contribution in [2.24, 2.45) is 4.99 Å². The molecule has 2 amide bonds. The number of nitrogens with zero attached hydrogens (tertiary/aromatic N) is 1. The minimum absolute atomic E-state index is 0.248. The Balaban J connectivity index is 2.69. The predicted molar refractivity (Wildman–Crippen MR) is 112 cm³/mol. The van der Waals surface area contributed by atoms with Crippen LogP contribution in [0.1, 0.15) is 41.5 Å². The Kier molecular flexibility index (Phi) is 9.14. The molecule has 1 aromatic rings. The van der Waals surface area contributed by atoms with Crippen LogP contribution in [0.4, 0.5) is 23.7 Å². The number of hydrogen-bond acceptors (Lipinski definition) is 4. The average molecular weight is 445 g/mol. The van der Waals surface area contributed by atoms with E-state index < -0.39 is 52.8 Å². The molecule has 0 aliphatic rings. The van der Waals surface area contributed by atoms with Gasteiger partial charge in [-0.15, -0.1) is 0 Å². The Morgan fingerprint density at radius 1 is 1.03 bits per heavy atom. The molecule has 0 saturated carbocycles. The fraction of sp³-hybridized carbons (Fsp3) is 0.550. The van der Waals surface area contributed by atoms with Crippen molar-refractivity contribution < 1.29 is 27.5 Å². The van der Waals surface area contributed by atoms with Crippen molar-refractivity contribution in [3.63, 3.8) is 0 Å². The Hall–Kier alpha value is -2.98. The molecule has 0 aromatic heterocycles. The van der Waals surface area contributed by atoms with Gasteiger partial charge in [-0.3, -0.25) is 4.79 Å². The van der Waals surface area contributed by atoms with E-state index in [1.807, 2.05) is 6.92 Å². The van der Waals surface area contributed by atoms with Gasteiger partial charge >= 0.3 is 6.09 Å². The number of benzene rings is 1. The second-order valence-corrected chi connectivity index (χ2v) is 8.33. The number of aliphatic imine (C=N–C) groups is 1. The van der Waals surface area contributed by atoms with E-state index in [-0.39, 0.29) is 12.5 Å². The molecule has 0 saturated heterocycles. The molecule has 0 bridgehead atoms. The molecule has 1 aromatic carbocycles. The highest BCUT2D eigenvalue weighted by atomic mass is 19.2. The number of guanidine groups is 1. The first-order chi connectivity index (χ1) is 14.2. The summed E-state index contributed by atoms with van der Waals surface area (Å²) in [5, 5.41) is 10.8. The normalized spacial score (nSPS) is 12.2. The van der Waals surface area contributed by atoms with Crippen LogP contribution in [0.5, 0.6) is 0 Å². The smallest absolute Gasteiger partial charge is 0.408 e. The number of amides is 2. The van der Waals surface area contributed by atoms with E-state index in [4.69, 9.17) is 4.74 Å². The lowest BCUT2D eigenvalue weighted by molar-refractivity contribution is -0.114. The number of nitrogens with one attached hydrogen (secondary N) is 4. The van der Waals surface area contributed by atoms with Gasteiger partial charge in [0.15, 0.2) is 23.4 Å². The molecule has 0 heterocycles. The van der Waals surface area contributed by atoms with Crippen LogP contribution in [0.15, 0.2) is 17.1 Å². The second-order valence-electron chi connectivity index (χ2n) is 8.33. The highest BCUT2D eigenvalue weighted by Gasteiger charge is 2.25. The maximum atomic E-state index is 13.7. The third kappa shape index (κ3) is 9.58. The average Bonchev–Trinajstić information content (AvgIpc) is 2.62. The molecular formula is C20H30F3N5O3. The monoisotopic (exact) mass is 445 g/mol. The minimum Gasteiger partial charge on any atom is -0.444 e. The van der Waals surface area contributed by atoms with E-state index >= 15 is 0 Å². The summed E-state index contributed by atoms with van der Waals surface area (Å²) in [6.07, 6.45) is -0.575. The van der Waals surface area contributed by atoms with E-state index in [9.17, 15) is 22.8 Å². The molecule has 0 spiro atoms. The molecule has 11 heteroatoms. The largest absolute Gasteiger partial charge is 0.444 e. The van der Waals surface area contributed by atoms with Crippen molar-refractivity contribution in [2.75, 3.05) is 25.0 Å². The van der Waals surface area contributed by atoms with Crippen LogP contribution >= 0.6 is 0 Å². The quantitative estimate of drug-likeness (QED) is 0.294. The fourth-order valence-electron chi connectivity index (χ4n) is 2.23. The van der Waals surface area contributed by atoms with Gasteiger partial charge in [0, 0.05) is 13.1 Å². The molecule has 0 radical (unpaired) electrons. The number of anilines is 1. The van der Waals surface area contributed by atoms with Gasteiger partial charge in [-0.25, -0.2) is 23.0 Å². The maximum absolute atomic E-state index is 13.7.